The second-order valence-corrected chi connectivity index (χ2v) is 6.34. The fourth-order valence-corrected chi connectivity index (χ4v) is 2.76. The number of hydrogen-bond acceptors (Lipinski definition) is 5. The third kappa shape index (κ3) is 3.35. The molecule has 0 amide bonds. The van der Waals surface area contributed by atoms with Crippen molar-refractivity contribution in [2.75, 3.05) is 17.4 Å². The minimum Gasteiger partial charge on any atom is -0.357 e. The van der Waals surface area contributed by atoms with Crippen LogP contribution in [0.5, 0.6) is 0 Å². The molecule has 0 aromatic carbocycles. The van der Waals surface area contributed by atoms with Gasteiger partial charge in [-0.2, -0.15) is 4.98 Å². The molecule has 106 valence electrons. The van der Waals surface area contributed by atoms with Crippen molar-refractivity contribution in [3.05, 3.63) is 11.8 Å². The highest BCUT2D eigenvalue weighted by Crippen LogP contribution is 2.37. The molecule has 0 bridgehead atoms. The van der Waals surface area contributed by atoms with E-state index in [-0.39, 0.29) is 0 Å². The molecule has 0 saturated heterocycles. The fourth-order valence-electron chi connectivity index (χ4n) is 2.76. The number of aryl methyl sites for hydroxylation is 1. The number of nitrogens with two attached hydrogens (primary N) is 1. The van der Waals surface area contributed by atoms with Crippen molar-refractivity contribution in [3.8, 4) is 0 Å². The average Bonchev–Trinajstić information content (AvgIpc) is 2.37. The van der Waals surface area contributed by atoms with Crippen LogP contribution in [-0.4, -0.2) is 23.1 Å². The normalized spacial score (nSPS) is 19.2. The monoisotopic (exact) mass is 263 g/mol. The highest BCUT2D eigenvalue weighted by Gasteiger charge is 2.29. The van der Waals surface area contributed by atoms with Gasteiger partial charge in [-0.1, -0.05) is 13.8 Å². The van der Waals surface area contributed by atoms with Gasteiger partial charge in [0, 0.05) is 24.8 Å². The van der Waals surface area contributed by atoms with Gasteiger partial charge in [-0.15, -0.1) is 0 Å². The van der Waals surface area contributed by atoms with E-state index in [1.165, 1.54) is 25.7 Å². The largest absolute Gasteiger partial charge is 0.357 e. The van der Waals surface area contributed by atoms with Crippen molar-refractivity contribution in [2.24, 2.45) is 11.3 Å². The Labute approximate surface area is 115 Å². The number of nitrogens with one attached hydrogen (secondary N) is 1. The highest BCUT2D eigenvalue weighted by atomic mass is 15.3. The molecule has 1 aliphatic rings. The molecule has 3 N–H and O–H groups in total. The van der Waals surface area contributed by atoms with E-state index in [0.717, 1.165) is 11.5 Å². The Balaban J connectivity index is 2.11. The summed E-state index contributed by atoms with van der Waals surface area (Å²) in [5.41, 5.74) is 3.95. The summed E-state index contributed by atoms with van der Waals surface area (Å²) in [6.07, 6.45) is 4.98. The first-order valence-electron chi connectivity index (χ1n) is 6.96. The molecule has 0 spiro atoms. The van der Waals surface area contributed by atoms with Crippen LogP contribution in [0.2, 0.25) is 0 Å². The molecule has 1 saturated carbocycles. The summed E-state index contributed by atoms with van der Waals surface area (Å²) < 4.78 is 0. The van der Waals surface area contributed by atoms with E-state index in [1.54, 1.807) is 0 Å². The molecule has 0 atom stereocenters. The molecule has 1 aromatic rings. The lowest BCUT2D eigenvalue weighted by molar-refractivity contribution is 0.222. The van der Waals surface area contributed by atoms with Crippen molar-refractivity contribution in [1.29, 1.82) is 0 Å². The zero-order valence-electron chi connectivity index (χ0n) is 12.4. The molecule has 1 heterocycles. The van der Waals surface area contributed by atoms with Crippen LogP contribution in [0.1, 0.15) is 45.2 Å². The maximum atomic E-state index is 5.41. The summed E-state index contributed by atoms with van der Waals surface area (Å²) >= 11 is 0. The number of rotatable bonds is 3. The van der Waals surface area contributed by atoms with Crippen molar-refractivity contribution in [1.82, 2.24) is 9.97 Å². The van der Waals surface area contributed by atoms with E-state index in [4.69, 9.17) is 5.84 Å². The number of aromatic nitrogens is 2. The summed E-state index contributed by atoms with van der Waals surface area (Å²) in [6.45, 7) is 6.67. The smallest absolute Gasteiger partial charge is 0.239 e. The highest BCUT2D eigenvalue weighted by molar-refractivity contribution is 5.44. The molecule has 1 aliphatic carbocycles. The zero-order valence-corrected chi connectivity index (χ0v) is 12.4. The lowest BCUT2D eigenvalue weighted by atomic mass is 9.75. The number of hydrazine groups is 1. The minimum absolute atomic E-state index is 0.484. The van der Waals surface area contributed by atoms with Gasteiger partial charge in [-0.3, -0.25) is 5.43 Å². The quantitative estimate of drug-likeness (QED) is 0.648. The van der Waals surface area contributed by atoms with Crippen molar-refractivity contribution < 1.29 is 0 Å². The molecule has 1 aromatic heterocycles. The second-order valence-electron chi connectivity index (χ2n) is 6.34. The van der Waals surface area contributed by atoms with Crippen LogP contribution in [0.25, 0.3) is 0 Å². The van der Waals surface area contributed by atoms with E-state index >= 15 is 0 Å². The Bertz CT molecular complexity index is 433. The maximum absolute atomic E-state index is 5.41. The maximum Gasteiger partial charge on any atom is 0.239 e. The Morgan fingerprint density at radius 2 is 1.95 bits per heavy atom. The first-order valence-corrected chi connectivity index (χ1v) is 6.96. The lowest BCUT2D eigenvalue weighted by Crippen LogP contribution is -2.37. The van der Waals surface area contributed by atoms with Crippen LogP contribution in [0, 0.1) is 12.3 Å². The Morgan fingerprint density at radius 1 is 1.32 bits per heavy atom. The summed E-state index contributed by atoms with van der Waals surface area (Å²) in [5, 5.41) is 0. The van der Waals surface area contributed by atoms with E-state index in [0.29, 0.717) is 17.4 Å². The van der Waals surface area contributed by atoms with Gasteiger partial charge in [0.1, 0.15) is 5.82 Å². The van der Waals surface area contributed by atoms with Gasteiger partial charge in [-0.05, 0) is 38.0 Å². The molecule has 5 nitrogen and oxygen atoms in total. The summed E-state index contributed by atoms with van der Waals surface area (Å²) in [4.78, 5) is 10.9. The molecule has 19 heavy (non-hydrogen) atoms. The van der Waals surface area contributed by atoms with Crippen LogP contribution in [0.3, 0.4) is 0 Å². The summed E-state index contributed by atoms with van der Waals surface area (Å²) in [5.74, 6) is 6.84. The molecule has 1 fully saturated rings. The first-order chi connectivity index (χ1) is 8.91. The molecular weight excluding hydrogens is 238 g/mol. The van der Waals surface area contributed by atoms with Crippen molar-refractivity contribution >= 4 is 11.8 Å². The van der Waals surface area contributed by atoms with Gasteiger partial charge in [-0.25, -0.2) is 10.8 Å². The number of hydrogen-bond donors (Lipinski definition) is 2. The van der Waals surface area contributed by atoms with Gasteiger partial charge in [0.25, 0.3) is 0 Å². The Kier molecular flexibility index (Phi) is 3.94. The van der Waals surface area contributed by atoms with Crippen molar-refractivity contribution in [3.63, 3.8) is 0 Å². The van der Waals surface area contributed by atoms with E-state index in [2.05, 4.69) is 41.2 Å². The average molecular weight is 263 g/mol. The van der Waals surface area contributed by atoms with Crippen LogP contribution >= 0.6 is 0 Å². The van der Waals surface area contributed by atoms with Crippen LogP contribution in [-0.2, 0) is 0 Å². The second kappa shape index (κ2) is 5.33. The van der Waals surface area contributed by atoms with E-state index in [9.17, 15) is 0 Å². The SMILES string of the molecule is Cc1cc(N(C)C2CCC(C)(C)CC2)nc(NN)n1. The standard InChI is InChI=1S/C14H25N5/c1-10-9-12(17-13(16-10)18-15)19(4)11-5-7-14(2,3)8-6-11/h9,11H,5-8,15H2,1-4H3,(H,16,17,18). The van der Waals surface area contributed by atoms with Crippen LogP contribution in [0.15, 0.2) is 6.07 Å². The molecule has 5 heteroatoms. The predicted molar refractivity (Wildman–Crippen MR) is 79.0 cm³/mol. The minimum atomic E-state index is 0.484. The zero-order chi connectivity index (χ0) is 14.0. The number of anilines is 2. The Hall–Kier alpha value is -1.36. The van der Waals surface area contributed by atoms with Gasteiger partial charge in [0.05, 0.1) is 0 Å². The number of nitrogen functional groups attached to an aromatic ring is 1. The third-order valence-corrected chi connectivity index (χ3v) is 4.19. The van der Waals surface area contributed by atoms with Crippen LogP contribution < -0.4 is 16.2 Å². The van der Waals surface area contributed by atoms with Gasteiger partial charge >= 0.3 is 0 Å². The van der Waals surface area contributed by atoms with Gasteiger partial charge < -0.3 is 4.90 Å². The first kappa shape index (κ1) is 14.1. The molecular formula is C14H25N5. The molecule has 0 aliphatic heterocycles. The number of nitrogens with zero attached hydrogens (tertiary/aromatic N) is 3. The van der Waals surface area contributed by atoms with Gasteiger partial charge in [0.15, 0.2) is 0 Å². The van der Waals surface area contributed by atoms with E-state index in [1.807, 2.05) is 13.0 Å². The van der Waals surface area contributed by atoms with E-state index < -0.39 is 0 Å². The third-order valence-electron chi connectivity index (χ3n) is 4.19. The van der Waals surface area contributed by atoms with Crippen molar-refractivity contribution in [2.45, 2.75) is 52.5 Å². The van der Waals surface area contributed by atoms with Crippen LogP contribution in [0.4, 0.5) is 11.8 Å². The fraction of sp³-hybridized carbons (Fsp3) is 0.714. The summed E-state index contributed by atoms with van der Waals surface area (Å²) in [7, 11) is 2.12. The predicted octanol–water partition coefficient (Wildman–Crippen LogP) is 2.48. The molecule has 2 rings (SSSR count). The summed E-state index contributed by atoms with van der Waals surface area (Å²) in [6, 6.07) is 2.58. The van der Waals surface area contributed by atoms with Gasteiger partial charge in [0.2, 0.25) is 5.95 Å². The molecule has 0 unspecified atom stereocenters. The molecule has 0 radical (unpaired) electrons. The lowest BCUT2D eigenvalue weighted by Gasteiger charge is -2.39. The topological polar surface area (TPSA) is 67.1 Å². The Morgan fingerprint density at radius 3 is 2.53 bits per heavy atom.